The third-order valence-electron chi connectivity index (χ3n) is 3.95. The van der Waals surface area contributed by atoms with E-state index in [9.17, 15) is 0 Å². The fourth-order valence-electron chi connectivity index (χ4n) is 2.72. The van der Waals surface area contributed by atoms with Crippen LogP contribution in [-0.2, 0) is 0 Å². The summed E-state index contributed by atoms with van der Waals surface area (Å²) in [6.45, 7) is 2.09. The Balaban J connectivity index is 1.85. The standard InChI is InChI=1S/C18H16N4O/c1-13-4-3-5-15(10-13)21(2)17-6-8-19-18-16(11-20-22(17)18)14-7-9-23-12-14/h3-12H,1-2H3. The average Bonchev–Trinajstić information content (AvgIpc) is 3.22. The van der Waals surface area contributed by atoms with E-state index >= 15 is 0 Å². The molecule has 0 N–H and O–H groups in total. The van der Waals surface area contributed by atoms with E-state index in [0.717, 1.165) is 28.3 Å². The van der Waals surface area contributed by atoms with E-state index in [0.29, 0.717) is 0 Å². The van der Waals surface area contributed by atoms with E-state index in [1.165, 1.54) is 5.56 Å². The van der Waals surface area contributed by atoms with Crippen LogP contribution in [0.3, 0.4) is 0 Å². The number of anilines is 2. The van der Waals surface area contributed by atoms with Crippen molar-refractivity contribution in [2.75, 3.05) is 11.9 Å². The molecule has 0 spiro atoms. The number of benzene rings is 1. The lowest BCUT2D eigenvalue weighted by atomic mass is 10.2. The number of furan rings is 1. The highest BCUT2D eigenvalue weighted by Crippen LogP contribution is 2.28. The van der Waals surface area contributed by atoms with Gasteiger partial charge in [0.1, 0.15) is 5.82 Å². The highest BCUT2D eigenvalue weighted by atomic mass is 16.3. The van der Waals surface area contributed by atoms with Gasteiger partial charge in [-0.2, -0.15) is 9.61 Å². The number of rotatable bonds is 3. The minimum Gasteiger partial charge on any atom is -0.472 e. The van der Waals surface area contributed by atoms with E-state index in [4.69, 9.17) is 4.42 Å². The topological polar surface area (TPSA) is 46.6 Å². The molecule has 3 aromatic heterocycles. The molecule has 0 amide bonds. The van der Waals surface area contributed by atoms with Crippen LogP contribution in [0.4, 0.5) is 11.5 Å². The fourth-order valence-corrected chi connectivity index (χ4v) is 2.72. The first-order chi connectivity index (χ1) is 11.2. The summed E-state index contributed by atoms with van der Waals surface area (Å²) >= 11 is 0. The van der Waals surface area contributed by atoms with Gasteiger partial charge in [-0.1, -0.05) is 12.1 Å². The minimum absolute atomic E-state index is 0.809. The van der Waals surface area contributed by atoms with Crippen LogP contribution >= 0.6 is 0 Å². The van der Waals surface area contributed by atoms with Gasteiger partial charge in [0.15, 0.2) is 5.65 Å². The molecular formula is C18H16N4O. The molecule has 0 radical (unpaired) electrons. The van der Waals surface area contributed by atoms with Crippen molar-refractivity contribution >= 4 is 17.2 Å². The molecule has 5 heteroatoms. The number of nitrogens with zero attached hydrogens (tertiary/aromatic N) is 4. The Bertz CT molecular complexity index is 956. The number of hydrogen-bond donors (Lipinski definition) is 0. The molecule has 0 atom stereocenters. The number of aryl methyl sites for hydroxylation is 1. The summed E-state index contributed by atoms with van der Waals surface area (Å²) < 4.78 is 7.02. The van der Waals surface area contributed by atoms with Crippen molar-refractivity contribution in [1.82, 2.24) is 14.6 Å². The summed E-state index contributed by atoms with van der Waals surface area (Å²) in [5, 5.41) is 4.51. The monoisotopic (exact) mass is 304 g/mol. The van der Waals surface area contributed by atoms with Gasteiger partial charge in [-0.25, -0.2) is 4.98 Å². The Morgan fingerprint density at radius 3 is 2.87 bits per heavy atom. The zero-order chi connectivity index (χ0) is 15.8. The van der Waals surface area contributed by atoms with Crippen LogP contribution in [0.5, 0.6) is 0 Å². The molecular weight excluding hydrogens is 288 g/mol. The summed E-state index contributed by atoms with van der Waals surface area (Å²) in [4.78, 5) is 6.59. The molecule has 0 bridgehead atoms. The molecule has 0 unspecified atom stereocenters. The van der Waals surface area contributed by atoms with Crippen molar-refractivity contribution in [3.05, 3.63) is 66.9 Å². The Morgan fingerprint density at radius 1 is 1.17 bits per heavy atom. The molecule has 0 aliphatic carbocycles. The smallest absolute Gasteiger partial charge is 0.165 e. The summed E-state index contributed by atoms with van der Waals surface area (Å²) in [5.74, 6) is 0.954. The molecule has 114 valence electrons. The van der Waals surface area contributed by atoms with Crippen LogP contribution in [0.1, 0.15) is 5.56 Å². The molecule has 0 saturated heterocycles. The Labute approximate surface area is 133 Å². The van der Waals surface area contributed by atoms with E-state index in [1.807, 2.05) is 36.1 Å². The van der Waals surface area contributed by atoms with Gasteiger partial charge in [0.2, 0.25) is 0 Å². The fraction of sp³-hybridized carbons (Fsp3) is 0.111. The Hall–Kier alpha value is -3.08. The van der Waals surface area contributed by atoms with Crippen molar-refractivity contribution in [3.8, 4) is 11.1 Å². The predicted molar refractivity (Wildman–Crippen MR) is 89.9 cm³/mol. The lowest BCUT2D eigenvalue weighted by molar-refractivity contribution is 0.568. The maximum Gasteiger partial charge on any atom is 0.165 e. The van der Waals surface area contributed by atoms with Gasteiger partial charge >= 0.3 is 0 Å². The Morgan fingerprint density at radius 2 is 2.09 bits per heavy atom. The molecule has 0 aliphatic rings. The first kappa shape index (κ1) is 13.6. The van der Waals surface area contributed by atoms with Gasteiger partial charge in [-0.05, 0) is 36.8 Å². The molecule has 5 nitrogen and oxygen atoms in total. The molecule has 0 fully saturated rings. The maximum atomic E-state index is 5.17. The molecule has 4 aromatic rings. The second-order valence-corrected chi connectivity index (χ2v) is 5.51. The van der Waals surface area contributed by atoms with Gasteiger partial charge in [0.25, 0.3) is 0 Å². The molecule has 0 saturated carbocycles. The van der Waals surface area contributed by atoms with Crippen molar-refractivity contribution < 1.29 is 4.42 Å². The zero-order valence-electron chi connectivity index (χ0n) is 13.0. The first-order valence-electron chi connectivity index (χ1n) is 7.40. The summed E-state index contributed by atoms with van der Waals surface area (Å²) in [6.07, 6.45) is 6.99. The molecule has 4 rings (SSSR count). The number of fused-ring (bicyclic) bond motifs is 1. The third-order valence-corrected chi connectivity index (χ3v) is 3.95. The lowest BCUT2D eigenvalue weighted by Crippen LogP contribution is -2.14. The molecule has 0 aliphatic heterocycles. The van der Waals surface area contributed by atoms with Crippen LogP contribution in [0, 0.1) is 6.92 Å². The zero-order valence-corrected chi connectivity index (χ0v) is 13.0. The molecule has 1 aromatic carbocycles. The van der Waals surface area contributed by atoms with E-state index < -0.39 is 0 Å². The van der Waals surface area contributed by atoms with Gasteiger partial charge in [0, 0.05) is 30.1 Å². The van der Waals surface area contributed by atoms with Crippen LogP contribution < -0.4 is 4.90 Å². The Kier molecular flexibility index (Phi) is 3.12. The lowest BCUT2D eigenvalue weighted by Gasteiger charge is -2.20. The van der Waals surface area contributed by atoms with Crippen molar-refractivity contribution in [2.45, 2.75) is 6.92 Å². The SMILES string of the molecule is Cc1cccc(N(C)c2ccnc3c(-c4ccoc4)cnn23)c1. The van der Waals surface area contributed by atoms with Crippen LogP contribution in [-0.4, -0.2) is 21.6 Å². The van der Waals surface area contributed by atoms with Crippen molar-refractivity contribution in [1.29, 1.82) is 0 Å². The van der Waals surface area contributed by atoms with E-state index in [1.54, 1.807) is 12.5 Å². The predicted octanol–water partition coefficient (Wildman–Crippen LogP) is 4.07. The summed E-state index contributed by atoms with van der Waals surface area (Å²) in [7, 11) is 2.03. The number of aromatic nitrogens is 3. The van der Waals surface area contributed by atoms with E-state index in [2.05, 4.69) is 46.2 Å². The maximum absolute atomic E-state index is 5.17. The second kappa shape index (κ2) is 5.28. The van der Waals surface area contributed by atoms with Gasteiger partial charge < -0.3 is 9.32 Å². The van der Waals surface area contributed by atoms with Crippen molar-refractivity contribution in [3.63, 3.8) is 0 Å². The minimum atomic E-state index is 0.809. The number of hydrogen-bond acceptors (Lipinski definition) is 4. The average molecular weight is 304 g/mol. The van der Waals surface area contributed by atoms with Gasteiger partial charge in [-0.15, -0.1) is 0 Å². The molecule has 23 heavy (non-hydrogen) atoms. The van der Waals surface area contributed by atoms with E-state index in [-0.39, 0.29) is 0 Å². The highest BCUT2D eigenvalue weighted by Gasteiger charge is 2.14. The third kappa shape index (κ3) is 2.26. The quantitative estimate of drug-likeness (QED) is 0.572. The van der Waals surface area contributed by atoms with Crippen LogP contribution in [0.2, 0.25) is 0 Å². The molecule has 3 heterocycles. The van der Waals surface area contributed by atoms with Gasteiger partial charge in [0.05, 0.1) is 18.7 Å². The van der Waals surface area contributed by atoms with Crippen LogP contribution in [0.25, 0.3) is 16.8 Å². The van der Waals surface area contributed by atoms with Crippen LogP contribution in [0.15, 0.2) is 65.7 Å². The summed E-state index contributed by atoms with van der Waals surface area (Å²) in [5.41, 5.74) is 5.07. The van der Waals surface area contributed by atoms with Crippen molar-refractivity contribution in [2.24, 2.45) is 0 Å². The van der Waals surface area contributed by atoms with Gasteiger partial charge in [-0.3, -0.25) is 0 Å². The summed E-state index contributed by atoms with van der Waals surface area (Å²) in [6, 6.07) is 12.2. The first-order valence-corrected chi connectivity index (χ1v) is 7.40. The second-order valence-electron chi connectivity index (χ2n) is 5.51. The largest absolute Gasteiger partial charge is 0.472 e. The normalized spacial score (nSPS) is 11.0. The highest BCUT2D eigenvalue weighted by molar-refractivity contribution is 5.78.